The number of piperidine rings is 1. The summed E-state index contributed by atoms with van der Waals surface area (Å²) in [7, 11) is 0. The zero-order chi connectivity index (χ0) is 13.5. The molecule has 1 aromatic carbocycles. The van der Waals surface area contributed by atoms with Crippen molar-refractivity contribution in [2.24, 2.45) is 0 Å². The molecule has 0 radical (unpaired) electrons. The Bertz CT molecular complexity index is 582. The van der Waals surface area contributed by atoms with Gasteiger partial charge in [0.25, 0.3) is 0 Å². The van der Waals surface area contributed by atoms with Crippen LogP contribution in [0.1, 0.15) is 30.1 Å². The summed E-state index contributed by atoms with van der Waals surface area (Å²) in [5.41, 5.74) is -0.0980. The molecule has 5 heteroatoms. The van der Waals surface area contributed by atoms with E-state index in [1.165, 1.54) is 6.07 Å². The van der Waals surface area contributed by atoms with Gasteiger partial charge in [-0.1, -0.05) is 0 Å². The Morgan fingerprint density at radius 2 is 1.84 bits per heavy atom. The van der Waals surface area contributed by atoms with Crippen LogP contribution < -0.4 is 5.32 Å². The van der Waals surface area contributed by atoms with Crippen molar-refractivity contribution in [3.05, 3.63) is 35.6 Å². The summed E-state index contributed by atoms with van der Waals surface area (Å²) in [4.78, 5) is 0. The molecule has 1 aromatic heterocycles. The van der Waals surface area contributed by atoms with Crippen molar-refractivity contribution < 1.29 is 17.6 Å². The maximum atomic E-state index is 12.6. The molecule has 0 spiro atoms. The SMILES string of the molecule is FC(F)(F)c1ccc2oc(C3CCNCC3)cc2c1. The maximum absolute atomic E-state index is 12.6. The monoisotopic (exact) mass is 269 g/mol. The second-order valence-electron chi connectivity index (χ2n) is 4.92. The first kappa shape index (κ1) is 12.5. The van der Waals surface area contributed by atoms with E-state index < -0.39 is 11.7 Å². The van der Waals surface area contributed by atoms with Crippen LogP contribution >= 0.6 is 0 Å². The van der Waals surface area contributed by atoms with Gasteiger partial charge in [-0.15, -0.1) is 0 Å². The lowest BCUT2D eigenvalue weighted by atomic mass is 9.95. The van der Waals surface area contributed by atoms with Gasteiger partial charge < -0.3 is 9.73 Å². The first-order valence-electron chi connectivity index (χ1n) is 6.35. The molecule has 19 heavy (non-hydrogen) atoms. The minimum atomic E-state index is -4.31. The molecule has 0 bridgehead atoms. The lowest BCUT2D eigenvalue weighted by Gasteiger charge is -2.20. The van der Waals surface area contributed by atoms with Crippen LogP contribution in [0, 0.1) is 0 Å². The predicted molar refractivity (Wildman–Crippen MR) is 66.1 cm³/mol. The van der Waals surface area contributed by atoms with Gasteiger partial charge in [0.1, 0.15) is 11.3 Å². The number of halogens is 3. The van der Waals surface area contributed by atoms with Gasteiger partial charge in [0.15, 0.2) is 0 Å². The Hall–Kier alpha value is -1.49. The van der Waals surface area contributed by atoms with Gasteiger partial charge in [0.2, 0.25) is 0 Å². The Kier molecular flexibility index (Phi) is 3.01. The maximum Gasteiger partial charge on any atom is 0.416 e. The average Bonchev–Trinajstić information content (AvgIpc) is 2.81. The van der Waals surface area contributed by atoms with E-state index >= 15 is 0 Å². The summed E-state index contributed by atoms with van der Waals surface area (Å²) in [5, 5.41) is 3.79. The van der Waals surface area contributed by atoms with Gasteiger partial charge in [0.05, 0.1) is 5.56 Å². The molecule has 0 aliphatic carbocycles. The number of alkyl halides is 3. The van der Waals surface area contributed by atoms with Crippen LogP contribution in [0.5, 0.6) is 0 Å². The van der Waals surface area contributed by atoms with Gasteiger partial charge in [-0.05, 0) is 50.2 Å². The zero-order valence-electron chi connectivity index (χ0n) is 10.3. The summed E-state index contributed by atoms with van der Waals surface area (Å²) in [6, 6.07) is 5.38. The molecule has 1 aliphatic heterocycles. The topological polar surface area (TPSA) is 25.2 Å². The smallest absolute Gasteiger partial charge is 0.416 e. The first-order chi connectivity index (χ1) is 9.04. The lowest BCUT2D eigenvalue weighted by Crippen LogP contribution is -2.26. The molecule has 1 N–H and O–H groups in total. The van der Waals surface area contributed by atoms with Gasteiger partial charge in [-0.3, -0.25) is 0 Å². The van der Waals surface area contributed by atoms with Crippen molar-refractivity contribution in [1.82, 2.24) is 5.32 Å². The summed E-state index contributed by atoms with van der Waals surface area (Å²) < 4.78 is 43.6. The number of benzene rings is 1. The molecule has 0 unspecified atom stereocenters. The minimum Gasteiger partial charge on any atom is -0.461 e. The van der Waals surface area contributed by atoms with Crippen molar-refractivity contribution in [2.75, 3.05) is 13.1 Å². The van der Waals surface area contributed by atoms with Crippen LogP contribution in [-0.2, 0) is 6.18 Å². The van der Waals surface area contributed by atoms with Crippen molar-refractivity contribution in [1.29, 1.82) is 0 Å². The molecule has 0 atom stereocenters. The highest BCUT2D eigenvalue weighted by molar-refractivity contribution is 5.79. The largest absolute Gasteiger partial charge is 0.461 e. The van der Waals surface area contributed by atoms with Gasteiger partial charge in [0, 0.05) is 11.3 Å². The molecular weight excluding hydrogens is 255 g/mol. The van der Waals surface area contributed by atoms with E-state index in [0.29, 0.717) is 16.9 Å². The highest BCUT2D eigenvalue weighted by atomic mass is 19.4. The number of fused-ring (bicyclic) bond motifs is 1. The molecular formula is C14H14F3NO. The van der Waals surface area contributed by atoms with E-state index in [9.17, 15) is 13.2 Å². The standard InChI is InChI=1S/C14H14F3NO/c15-14(16,17)11-1-2-12-10(7-11)8-13(19-12)9-3-5-18-6-4-9/h1-2,7-9,18H,3-6H2. The molecule has 0 amide bonds. The van der Waals surface area contributed by atoms with E-state index in [2.05, 4.69) is 5.32 Å². The van der Waals surface area contributed by atoms with Gasteiger partial charge in [-0.2, -0.15) is 13.2 Å². The summed E-state index contributed by atoms with van der Waals surface area (Å²) in [5.74, 6) is 1.11. The molecule has 102 valence electrons. The highest BCUT2D eigenvalue weighted by Crippen LogP contribution is 2.35. The summed E-state index contributed by atoms with van der Waals surface area (Å²) >= 11 is 0. The fourth-order valence-corrected chi connectivity index (χ4v) is 2.55. The van der Waals surface area contributed by atoms with Crippen molar-refractivity contribution in [3.8, 4) is 0 Å². The third kappa shape index (κ3) is 2.47. The Balaban J connectivity index is 1.96. The van der Waals surface area contributed by atoms with E-state index in [1.54, 1.807) is 6.07 Å². The second-order valence-corrected chi connectivity index (χ2v) is 4.92. The number of hydrogen-bond donors (Lipinski definition) is 1. The second kappa shape index (κ2) is 4.56. The average molecular weight is 269 g/mol. The quantitative estimate of drug-likeness (QED) is 0.848. The molecule has 2 aromatic rings. The normalized spacial score (nSPS) is 18.1. The molecule has 3 rings (SSSR count). The van der Waals surface area contributed by atoms with Crippen molar-refractivity contribution in [2.45, 2.75) is 24.9 Å². The Morgan fingerprint density at radius 1 is 1.11 bits per heavy atom. The fourth-order valence-electron chi connectivity index (χ4n) is 2.55. The lowest BCUT2D eigenvalue weighted by molar-refractivity contribution is -0.137. The Labute approximate surface area is 108 Å². The molecule has 0 saturated carbocycles. The van der Waals surface area contributed by atoms with Gasteiger partial charge in [-0.25, -0.2) is 0 Å². The van der Waals surface area contributed by atoms with E-state index in [-0.39, 0.29) is 0 Å². The van der Waals surface area contributed by atoms with E-state index in [4.69, 9.17) is 4.42 Å². The predicted octanol–water partition coefficient (Wildman–Crippen LogP) is 3.92. The van der Waals surface area contributed by atoms with Crippen LogP contribution in [0.3, 0.4) is 0 Å². The third-order valence-corrected chi connectivity index (χ3v) is 3.60. The zero-order valence-corrected chi connectivity index (χ0v) is 10.3. The van der Waals surface area contributed by atoms with Crippen LogP contribution in [0.15, 0.2) is 28.7 Å². The Morgan fingerprint density at radius 3 is 2.53 bits per heavy atom. The summed E-state index contributed by atoms with van der Waals surface area (Å²) in [6.07, 6.45) is -2.38. The molecule has 2 nitrogen and oxygen atoms in total. The van der Waals surface area contributed by atoms with Crippen molar-refractivity contribution >= 4 is 11.0 Å². The number of furan rings is 1. The fraction of sp³-hybridized carbons (Fsp3) is 0.429. The van der Waals surface area contributed by atoms with Crippen LogP contribution in [0.2, 0.25) is 0 Å². The minimum absolute atomic E-state index is 0.308. The van der Waals surface area contributed by atoms with Crippen LogP contribution in [-0.4, -0.2) is 13.1 Å². The highest BCUT2D eigenvalue weighted by Gasteiger charge is 2.31. The molecule has 1 aliphatic rings. The number of hydrogen-bond acceptors (Lipinski definition) is 2. The van der Waals surface area contributed by atoms with Crippen molar-refractivity contribution in [3.63, 3.8) is 0 Å². The van der Waals surface area contributed by atoms with E-state index in [1.807, 2.05) is 0 Å². The van der Waals surface area contributed by atoms with Crippen LogP contribution in [0.4, 0.5) is 13.2 Å². The molecule has 2 heterocycles. The van der Waals surface area contributed by atoms with Gasteiger partial charge >= 0.3 is 6.18 Å². The molecule has 1 fully saturated rings. The first-order valence-corrected chi connectivity index (χ1v) is 6.35. The summed E-state index contributed by atoms with van der Waals surface area (Å²) in [6.45, 7) is 1.85. The van der Waals surface area contributed by atoms with E-state index in [0.717, 1.165) is 43.8 Å². The van der Waals surface area contributed by atoms with Crippen LogP contribution in [0.25, 0.3) is 11.0 Å². The third-order valence-electron chi connectivity index (χ3n) is 3.60. The molecule has 1 saturated heterocycles. The number of rotatable bonds is 1. The number of nitrogens with one attached hydrogen (secondary N) is 1.